The Labute approximate surface area is 84.9 Å². The summed E-state index contributed by atoms with van der Waals surface area (Å²) in [5.74, 6) is 0.452. The molecular formula is C11H17N3. The number of hydrogen-bond acceptors (Lipinski definition) is 3. The van der Waals surface area contributed by atoms with Crippen LogP contribution in [0.1, 0.15) is 17.2 Å². The highest BCUT2D eigenvalue weighted by molar-refractivity contribution is 5.21. The van der Waals surface area contributed by atoms with Gasteiger partial charge in [0.05, 0.1) is 0 Å². The van der Waals surface area contributed by atoms with Crippen molar-refractivity contribution in [3.8, 4) is 0 Å². The summed E-state index contributed by atoms with van der Waals surface area (Å²) in [4.78, 5) is 6.58. The molecule has 0 spiro atoms. The number of likely N-dealkylation sites (tertiary alicyclic amines) is 1. The molecule has 0 radical (unpaired) electrons. The van der Waals surface area contributed by atoms with Crippen molar-refractivity contribution in [2.75, 3.05) is 20.1 Å². The van der Waals surface area contributed by atoms with Crippen molar-refractivity contribution in [3.05, 3.63) is 29.6 Å². The molecule has 1 saturated heterocycles. The van der Waals surface area contributed by atoms with Gasteiger partial charge in [0.15, 0.2) is 0 Å². The summed E-state index contributed by atoms with van der Waals surface area (Å²) in [6.07, 6.45) is 1.96. The molecule has 1 aliphatic heterocycles. The third-order valence-corrected chi connectivity index (χ3v) is 2.91. The van der Waals surface area contributed by atoms with Gasteiger partial charge >= 0.3 is 0 Å². The Morgan fingerprint density at radius 2 is 2.21 bits per heavy atom. The zero-order chi connectivity index (χ0) is 10.1. The van der Waals surface area contributed by atoms with E-state index in [9.17, 15) is 0 Å². The molecule has 76 valence electrons. The van der Waals surface area contributed by atoms with Gasteiger partial charge in [-0.1, -0.05) is 6.07 Å². The molecule has 1 fully saturated rings. The second-order valence-electron chi connectivity index (χ2n) is 4.22. The molecule has 3 nitrogen and oxygen atoms in total. The van der Waals surface area contributed by atoms with E-state index in [0.717, 1.165) is 18.8 Å². The highest BCUT2D eigenvalue weighted by atomic mass is 15.1. The molecule has 0 amide bonds. The van der Waals surface area contributed by atoms with Crippen LogP contribution in [0, 0.1) is 6.92 Å². The van der Waals surface area contributed by atoms with Crippen molar-refractivity contribution >= 4 is 0 Å². The van der Waals surface area contributed by atoms with E-state index in [-0.39, 0.29) is 6.04 Å². The predicted octanol–water partition coefficient (Wildman–Crippen LogP) is 0.746. The first-order valence-corrected chi connectivity index (χ1v) is 5.03. The third kappa shape index (κ3) is 1.79. The molecule has 0 saturated carbocycles. The lowest BCUT2D eigenvalue weighted by Crippen LogP contribution is -2.27. The van der Waals surface area contributed by atoms with Gasteiger partial charge in [-0.25, -0.2) is 0 Å². The van der Waals surface area contributed by atoms with Crippen LogP contribution in [0.15, 0.2) is 18.3 Å². The summed E-state index contributed by atoms with van der Waals surface area (Å²) in [5, 5.41) is 0. The minimum absolute atomic E-state index is 0.254. The number of nitrogens with two attached hydrogens (primary N) is 1. The standard InChI is InChI=1S/C11H17N3/c1-8-3-4-9(5-13-8)10-6-14(2)7-11(10)12/h3-5,10-11H,6-7,12H2,1-2H3. The lowest BCUT2D eigenvalue weighted by molar-refractivity contribution is 0.407. The van der Waals surface area contributed by atoms with Gasteiger partial charge in [0, 0.05) is 36.9 Å². The average molecular weight is 191 g/mol. The van der Waals surface area contributed by atoms with Gasteiger partial charge in [0.1, 0.15) is 0 Å². The van der Waals surface area contributed by atoms with Gasteiger partial charge in [-0.05, 0) is 25.6 Å². The highest BCUT2D eigenvalue weighted by Crippen LogP contribution is 2.24. The van der Waals surface area contributed by atoms with Gasteiger partial charge in [0.2, 0.25) is 0 Å². The Kier molecular flexibility index (Phi) is 2.52. The lowest BCUT2D eigenvalue weighted by atomic mass is 9.96. The molecule has 14 heavy (non-hydrogen) atoms. The fourth-order valence-corrected chi connectivity index (χ4v) is 2.08. The summed E-state index contributed by atoms with van der Waals surface area (Å²) in [6, 6.07) is 4.45. The van der Waals surface area contributed by atoms with E-state index in [0.29, 0.717) is 5.92 Å². The topological polar surface area (TPSA) is 42.1 Å². The molecule has 2 N–H and O–H groups in total. The number of hydrogen-bond donors (Lipinski definition) is 1. The van der Waals surface area contributed by atoms with Crippen molar-refractivity contribution < 1.29 is 0 Å². The quantitative estimate of drug-likeness (QED) is 0.712. The van der Waals surface area contributed by atoms with Crippen LogP contribution in [0.5, 0.6) is 0 Å². The fourth-order valence-electron chi connectivity index (χ4n) is 2.08. The number of rotatable bonds is 1. The van der Waals surface area contributed by atoms with Crippen LogP contribution in [0.2, 0.25) is 0 Å². The Morgan fingerprint density at radius 3 is 2.71 bits per heavy atom. The van der Waals surface area contributed by atoms with E-state index in [1.165, 1.54) is 5.56 Å². The van der Waals surface area contributed by atoms with Crippen molar-refractivity contribution in [1.82, 2.24) is 9.88 Å². The highest BCUT2D eigenvalue weighted by Gasteiger charge is 2.28. The average Bonchev–Trinajstić information content (AvgIpc) is 2.47. The van der Waals surface area contributed by atoms with E-state index >= 15 is 0 Å². The summed E-state index contributed by atoms with van der Waals surface area (Å²) in [7, 11) is 2.11. The molecule has 2 atom stereocenters. The third-order valence-electron chi connectivity index (χ3n) is 2.91. The number of likely N-dealkylation sites (N-methyl/N-ethyl adjacent to an activating group) is 1. The van der Waals surface area contributed by atoms with Gasteiger partial charge in [-0.2, -0.15) is 0 Å². The largest absolute Gasteiger partial charge is 0.326 e. The van der Waals surface area contributed by atoms with Crippen LogP contribution in [-0.2, 0) is 0 Å². The van der Waals surface area contributed by atoms with Crippen LogP contribution in [-0.4, -0.2) is 36.1 Å². The van der Waals surface area contributed by atoms with E-state index in [1.54, 1.807) is 0 Å². The van der Waals surface area contributed by atoms with Gasteiger partial charge < -0.3 is 10.6 Å². The zero-order valence-electron chi connectivity index (χ0n) is 8.77. The molecule has 2 unspecified atom stereocenters. The van der Waals surface area contributed by atoms with Crippen LogP contribution < -0.4 is 5.73 Å². The Balaban J connectivity index is 2.19. The molecule has 2 rings (SSSR count). The number of aromatic nitrogens is 1. The van der Waals surface area contributed by atoms with Crippen LogP contribution in [0.4, 0.5) is 0 Å². The zero-order valence-corrected chi connectivity index (χ0v) is 8.77. The molecule has 0 aromatic carbocycles. The maximum Gasteiger partial charge on any atom is 0.0372 e. The second-order valence-corrected chi connectivity index (χ2v) is 4.22. The van der Waals surface area contributed by atoms with Crippen LogP contribution >= 0.6 is 0 Å². The summed E-state index contributed by atoms with van der Waals surface area (Å²) < 4.78 is 0. The van der Waals surface area contributed by atoms with Gasteiger partial charge in [0.25, 0.3) is 0 Å². The minimum atomic E-state index is 0.254. The second kappa shape index (κ2) is 3.67. The maximum atomic E-state index is 6.07. The fraction of sp³-hybridized carbons (Fsp3) is 0.545. The molecule has 1 aromatic heterocycles. The van der Waals surface area contributed by atoms with Crippen molar-refractivity contribution in [1.29, 1.82) is 0 Å². The molecular weight excluding hydrogens is 174 g/mol. The number of pyridine rings is 1. The van der Waals surface area contributed by atoms with E-state index in [2.05, 4.69) is 29.1 Å². The lowest BCUT2D eigenvalue weighted by Gasteiger charge is -2.13. The van der Waals surface area contributed by atoms with E-state index in [1.807, 2.05) is 13.1 Å². The predicted molar refractivity (Wildman–Crippen MR) is 57.2 cm³/mol. The van der Waals surface area contributed by atoms with Crippen LogP contribution in [0.3, 0.4) is 0 Å². The number of nitrogens with zero attached hydrogens (tertiary/aromatic N) is 2. The van der Waals surface area contributed by atoms with Crippen molar-refractivity contribution in [3.63, 3.8) is 0 Å². The molecule has 0 aliphatic carbocycles. The van der Waals surface area contributed by atoms with Gasteiger partial charge in [-0.3, -0.25) is 4.98 Å². The first-order valence-electron chi connectivity index (χ1n) is 5.03. The Morgan fingerprint density at radius 1 is 1.43 bits per heavy atom. The van der Waals surface area contributed by atoms with Crippen molar-refractivity contribution in [2.45, 2.75) is 18.9 Å². The molecule has 1 aliphatic rings. The Bertz CT molecular complexity index is 307. The smallest absolute Gasteiger partial charge is 0.0372 e. The van der Waals surface area contributed by atoms with E-state index < -0.39 is 0 Å². The summed E-state index contributed by atoms with van der Waals surface area (Å²) in [5.41, 5.74) is 8.40. The first kappa shape index (κ1) is 9.62. The number of aryl methyl sites for hydroxylation is 1. The normalized spacial score (nSPS) is 28.2. The van der Waals surface area contributed by atoms with Crippen molar-refractivity contribution in [2.24, 2.45) is 5.73 Å². The molecule has 2 heterocycles. The van der Waals surface area contributed by atoms with Crippen LogP contribution in [0.25, 0.3) is 0 Å². The summed E-state index contributed by atoms with van der Waals surface area (Å²) >= 11 is 0. The van der Waals surface area contributed by atoms with E-state index in [4.69, 9.17) is 5.73 Å². The van der Waals surface area contributed by atoms with Gasteiger partial charge in [-0.15, -0.1) is 0 Å². The summed E-state index contributed by atoms with van der Waals surface area (Å²) in [6.45, 7) is 4.04. The first-order chi connectivity index (χ1) is 6.66. The minimum Gasteiger partial charge on any atom is -0.326 e. The SMILES string of the molecule is Cc1ccc(C2CN(C)CC2N)cn1. The molecule has 3 heteroatoms. The maximum absolute atomic E-state index is 6.07. The Hall–Kier alpha value is -0.930. The molecule has 0 bridgehead atoms. The molecule has 1 aromatic rings. The monoisotopic (exact) mass is 191 g/mol.